The number of benzene rings is 3. The number of methoxy groups -OCH3 is 1. The molecule has 3 aromatic rings. The molecule has 0 aromatic heterocycles. The van der Waals surface area contributed by atoms with E-state index in [4.69, 9.17) is 9.47 Å². The van der Waals surface area contributed by atoms with E-state index in [9.17, 15) is 18.0 Å². The van der Waals surface area contributed by atoms with Crippen LogP contribution in [0.2, 0.25) is 0 Å². The molecular weight excluding hydrogens is 442 g/mol. The Morgan fingerprint density at radius 2 is 1.39 bits per heavy atom. The molecule has 0 N–H and O–H groups in total. The summed E-state index contributed by atoms with van der Waals surface area (Å²) in [5, 5.41) is 0. The van der Waals surface area contributed by atoms with Crippen molar-refractivity contribution in [1.29, 1.82) is 0 Å². The largest absolute Gasteiger partial charge is 0.497 e. The summed E-state index contributed by atoms with van der Waals surface area (Å²) >= 11 is 0. The van der Waals surface area contributed by atoms with Crippen molar-refractivity contribution in [2.75, 3.05) is 23.5 Å². The maximum atomic E-state index is 13.6. The van der Waals surface area contributed by atoms with Gasteiger partial charge in [-0.25, -0.2) is 13.2 Å². The second kappa shape index (κ2) is 9.46. The molecule has 1 aliphatic rings. The smallest absolute Gasteiger partial charge is 0.338 e. The van der Waals surface area contributed by atoms with E-state index < -0.39 is 28.0 Å². The highest BCUT2D eigenvalue weighted by atomic mass is 32.2. The van der Waals surface area contributed by atoms with Gasteiger partial charge in [0.2, 0.25) is 0 Å². The van der Waals surface area contributed by atoms with Gasteiger partial charge in [-0.1, -0.05) is 36.4 Å². The van der Waals surface area contributed by atoms with E-state index in [1.165, 1.54) is 12.0 Å². The lowest BCUT2D eigenvalue weighted by Gasteiger charge is -2.32. The van der Waals surface area contributed by atoms with Crippen LogP contribution in [0, 0.1) is 0 Å². The third-order valence-corrected chi connectivity index (χ3v) is 7.15. The van der Waals surface area contributed by atoms with Crippen molar-refractivity contribution in [3.8, 4) is 5.75 Å². The quantitative estimate of drug-likeness (QED) is 0.519. The van der Waals surface area contributed by atoms with Gasteiger partial charge in [0.05, 0.1) is 30.2 Å². The van der Waals surface area contributed by atoms with E-state index in [1.807, 2.05) is 0 Å². The topological polar surface area (TPSA) is 90.0 Å². The van der Waals surface area contributed by atoms with Crippen molar-refractivity contribution in [1.82, 2.24) is 0 Å². The van der Waals surface area contributed by atoms with Crippen LogP contribution in [0.15, 0.2) is 84.9 Å². The van der Waals surface area contributed by atoms with Crippen LogP contribution in [0.1, 0.15) is 20.7 Å². The fourth-order valence-corrected chi connectivity index (χ4v) is 5.66. The summed E-state index contributed by atoms with van der Waals surface area (Å²) in [4.78, 5) is 27.7. The van der Waals surface area contributed by atoms with Crippen LogP contribution in [0.4, 0.5) is 5.69 Å². The molecule has 1 heterocycles. The van der Waals surface area contributed by atoms with Gasteiger partial charge in [0, 0.05) is 11.3 Å². The fraction of sp³-hybridized carbons (Fsp3) is 0.200. The number of amides is 1. The molecule has 0 radical (unpaired) electrons. The predicted octanol–water partition coefficient (Wildman–Crippen LogP) is 3.36. The summed E-state index contributed by atoms with van der Waals surface area (Å²) in [6, 6.07) is 22.8. The molecule has 7 nitrogen and oxygen atoms in total. The molecule has 170 valence electrons. The first kappa shape index (κ1) is 22.5. The van der Waals surface area contributed by atoms with Gasteiger partial charge in [0.15, 0.2) is 9.84 Å². The first-order chi connectivity index (χ1) is 15.9. The Bertz CT molecular complexity index is 1230. The first-order valence-electron chi connectivity index (χ1n) is 10.4. The number of ether oxygens (including phenoxy) is 2. The molecule has 2 atom stereocenters. The summed E-state index contributed by atoms with van der Waals surface area (Å²) < 4.78 is 36.1. The van der Waals surface area contributed by atoms with Crippen LogP contribution < -0.4 is 9.64 Å². The van der Waals surface area contributed by atoms with E-state index in [1.54, 1.807) is 84.9 Å². The molecule has 1 aliphatic heterocycles. The van der Waals surface area contributed by atoms with Crippen LogP contribution in [0.5, 0.6) is 5.75 Å². The Labute approximate surface area is 192 Å². The zero-order valence-corrected chi connectivity index (χ0v) is 18.8. The number of rotatable bonds is 6. The van der Waals surface area contributed by atoms with Crippen LogP contribution in [0.25, 0.3) is 0 Å². The number of hydrogen-bond acceptors (Lipinski definition) is 6. The Morgan fingerprint density at radius 1 is 0.818 bits per heavy atom. The molecule has 4 rings (SSSR count). The highest BCUT2D eigenvalue weighted by Gasteiger charge is 2.46. The van der Waals surface area contributed by atoms with Crippen LogP contribution in [-0.2, 0) is 14.6 Å². The maximum Gasteiger partial charge on any atom is 0.338 e. The highest BCUT2D eigenvalue weighted by Crippen LogP contribution is 2.30. The highest BCUT2D eigenvalue weighted by molar-refractivity contribution is 7.91. The van der Waals surface area contributed by atoms with Crippen LogP contribution in [0.3, 0.4) is 0 Å². The number of carbonyl (C=O) groups excluding carboxylic acids is 2. The molecule has 8 heteroatoms. The predicted molar refractivity (Wildman–Crippen MR) is 124 cm³/mol. The van der Waals surface area contributed by atoms with Gasteiger partial charge in [-0.15, -0.1) is 0 Å². The summed E-state index contributed by atoms with van der Waals surface area (Å²) in [6.45, 7) is 0. The average molecular weight is 466 g/mol. The van der Waals surface area contributed by atoms with E-state index >= 15 is 0 Å². The Kier molecular flexibility index (Phi) is 6.46. The number of carbonyl (C=O) groups is 2. The SMILES string of the molecule is COc1ccc(N(C(=O)c2ccccc2)[C@@H]2CS(=O)(=O)C[C@H]2OC(=O)c2ccccc2)cc1. The Balaban J connectivity index is 1.72. The monoisotopic (exact) mass is 465 g/mol. The van der Waals surface area contributed by atoms with Crippen LogP contribution in [-0.4, -0.2) is 51.1 Å². The Hall–Kier alpha value is -3.65. The molecule has 0 bridgehead atoms. The van der Waals surface area contributed by atoms with Crippen molar-refractivity contribution < 1.29 is 27.5 Å². The lowest BCUT2D eigenvalue weighted by Crippen LogP contribution is -2.48. The minimum absolute atomic E-state index is 0.311. The minimum atomic E-state index is -3.55. The summed E-state index contributed by atoms with van der Waals surface area (Å²) in [5.74, 6) is -1.10. The van der Waals surface area contributed by atoms with Gasteiger partial charge in [-0.05, 0) is 48.5 Å². The number of hydrogen-bond donors (Lipinski definition) is 0. The van der Waals surface area contributed by atoms with Crippen molar-refractivity contribution >= 4 is 27.4 Å². The number of esters is 1. The molecule has 0 saturated carbocycles. The summed E-state index contributed by atoms with van der Waals surface area (Å²) in [5.41, 5.74) is 1.18. The standard InChI is InChI=1S/C25H23NO6S/c1-31-21-14-12-20(13-15-21)26(24(27)18-8-4-2-5-9-18)22-16-33(29,30)17-23(22)32-25(28)19-10-6-3-7-11-19/h2-15,22-23H,16-17H2,1H3/t22-,23-/m1/s1. The fourth-order valence-electron chi connectivity index (χ4n) is 3.85. The minimum Gasteiger partial charge on any atom is -0.497 e. The summed E-state index contributed by atoms with van der Waals surface area (Å²) in [6.07, 6.45) is -1.02. The van der Waals surface area contributed by atoms with Gasteiger partial charge in [-0.3, -0.25) is 4.79 Å². The second-order valence-corrected chi connectivity index (χ2v) is 9.85. The molecule has 0 aliphatic carbocycles. The van der Waals surface area contributed by atoms with Gasteiger partial charge in [-0.2, -0.15) is 0 Å². The molecule has 1 amide bonds. The summed E-state index contributed by atoms with van der Waals surface area (Å²) in [7, 11) is -2.02. The van der Waals surface area contributed by atoms with Gasteiger partial charge < -0.3 is 14.4 Å². The van der Waals surface area contributed by atoms with E-state index in [2.05, 4.69) is 0 Å². The zero-order valence-electron chi connectivity index (χ0n) is 18.0. The lowest BCUT2D eigenvalue weighted by molar-refractivity contribution is 0.0314. The molecule has 1 fully saturated rings. The van der Waals surface area contributed by atoms with Crippen LogP contribution >= 0.6 is 0 Å². The lowest BCUT2D eigenvalue weighted by atomic mass is 10.1. The average Bonchev–Trinajstić information content (AvgIpc) is 3.14. The molecule has 0 spiro atoms. The molecule has 3 aromatic carbocycles. The van der Waals surface area contributed by atoms with E-state index in [0.29, 0.717) is 22.6 Å². The first-order valence-corrected chi connectivity index (χ1v) is 12.2. The molecule has 0 unspecified atom stereocenters. The maximum absolute atomic E-state index is 13.6. The van der Waals surface area contributed by atoms with Crippen molar-refractivity contribution in [3.05, 3.63) is 96.1 Å². The number of sulfone groups is 1. The van der Waals surface area contributed by atoms with Crippen molar-refractivity contribution in [3.63, 3.8) is 0 Å². The van der Waals surface area contributed by atoms with Gasteiger partial charge in [0.1, 0.15) is 11.9 Å². The Morgan fingerprint density at radius 3 is 1.97 bits per heavy atom. The third kappa shape index (κ3) is 5.06. The van der Waals surface area contributed by atoms with Gasteiger partial charge >= 0.3 is 5.97 Å². The molecule has 1 saturated heterocycles. The number of anilines is 1. The number of nitrogens with zero attached hydrogens (tertiary/aromatic N) is 1. The molecule has 33 heavy (non-hydrogen) atoms. The third-order valence-electron chi connectivity index (χ3n) is 5.46. The van der Waals surface area contributed by atoms with Gasteiger partial charge in [0.25, 0.3) is 5.91 Å². The van der Waals surface area contributed by atoms with E-state index in [-0.39, 0.29) is 17.4 Å². The van der Waals surface area contributed by atoms with Crippen molar-refractivity contribution in [2.45, 2.75) is 12.1 Å². The van der Waals surface area contributed by atoms with Crippen molar-refractivity contribution in [2.24, 2.45) is 0 Å². The normalized spacial score (nSPS) is 18.9. The second-order valence-electron chi connectivity index (χ2n) is 7.69. The zero-order chi connectivity index (χ0) is 23.4. The van der Waals surface area contributed by atoms with E-state index in [0.717, 1.165) is 0 Å². The molecular formula is C25H23NO6S.